The molecule has 0 unspecified atom stereocenters. The Balaban J connectivity index is 1.49. The highest BCUT2D eigenvalue weighted by atomic mass is 16.5. The van der Waals surface area contributed by atoms with Crippen LogP contribution in [0, 0.1) is 0 Å². The van der Waals surface area contributed by atoms with Gasteiger partial charge in [-0.05, 0) is 12.1 Å². The summed E-state index contributed by atoms with van der Waals surface area (Å²) in [6.07, 6.45) is 0. The summed E-state index contributed by atoms with van der Waals surface area (Å²) < 4.78 is 15.4. The fourth-order valence-electron chi connectivity index (χ4n) is 2.41. The molecular weight excluding hydrogens is 348 g/mol. The lowest BCUT2D eigenvalue weighted by Gasteiger charge is -2.08. The van der Waals surface area contributed by atoms with Gasteiger partial charge in [-0.2, -0.15) is 0 Å². The van der Waals surface area contributed by atoms with Crippen LogP contribution < -0.4 is 10.1 Å². The normalized spacial score (nSPS) is 10.3. The fraction of sp³-hybridized carbons (Fsp3) is 0.150. The molecule has 0 radical (unpaired) electrons. The number of carbonyl (C=O) groups is 2. The highest BCUT2D eigenvalue weighted by Gasteiger charge is 2.14. The van der Waals surface area contributed by atoms with Crippen molar-refractivity contribution in [3.8, 4) is 17.0 Å². The molecule has 0 bridgehead atoms. The van der Waals surface area contributed by atoms with Crippen molar-refractivity contribution >= 4 is 11.9 Å². The zero-order valence-corrected chi connectivity index (χ0v) is 14.7. The van der Waals surface area contributed by atoms with Crippen molar-refractivity contribution in [2.75, 3.05) is 13.7 Å². The van der Waals surface area contributed by atoms with E-state index in [0.29, 0.717) is 22.8 Å². The Hall–Kier alpha value is -3.61. The van der Waals surface area contributed by atoms with Crippen LogP contribution >= 0.6 is 0 Å². The summed E-state index contributed by atoms with van der Waals surface area (Å²) in [4.78, 5) is 24.0. The molecule has 3 aromatic rings. The van der Waals surface area contributed by atoms with E-state index in [9.17, 15) is 9.59 Å². The van der Waals surface area contributed by atoms with Crippen LogP contribution in [-0.4, -0.2) is 30.7 Å². The zero-order valence-electron chi connectivity index (χ0n) is 14.7. The molecule has 1 heterocycles. The van der Waals surface area contributed by atoms with Crippen LogP contribution in [0.3, 0.4) is 0 Å². The predicted molar refractivity (Wildman–Crippen MR) is 97.1 cm³/mol. The monoisotopic (exact) mass is 366 g/mol. The third-order valence-corrected chi connectivity index (χ3v) is 3.75. The first-order chi connectivity index (χ1) is 13.2. The smallest absolute Gasteiger partial charge is 0.325 e. The molecule has 0 aliphatic heterocycles. The summed E-state index contributed by atoms with van der Waals surface area (Å²) in [6.45, 7) is -0.334. The minimum Gasteiger partial charge on any atom is -0.496 e. The van der Waals surface area contributed by atoms with Gasteiger partial charge in [0.05, 0.1) is 12.7 Å². The van der Waals surface area contributed by atoms with Crippen molar-refractivity contribution in [1.82, 2.24) is 10.5 Å². The van der Waals surface area contributed by atoms with Crippen LogP contribution in [0.1, 0.15) is 16.1 Å². The van der Waals surface area contributed by atoms with E-state index >= 15 is 0 Å². The lowest BCUT2D eigenvalue weighted by atomic mass is 10.1. The molecule has 1 N–H and O–H groups in total. The van der Waals surface area contributed by atoms with Crippen molar-refractivity contribution in [3.05, 3.63) is 72.0 Å². The van der Waals surface area contributed by atoms with Gasteiger partial charge in [0.2, 0.25) is 0 Å². The number of methoxy groups -OCH3 is 1. The lowest BCUT2D eigenvalue weighted by Crippen LogP contribution is -2.30. The average Bonchev–Trinajstić information content (AvgIpc) is 3.20. The van der Waals surface area contributed by atoms with E-state index in [-0.39, 0.29) is 13.2 Å². The Morgan fingerprint density at radius 1 is 1.07 bits per heavy atom. The number of para-hydroxylation sites is 1. The molecule has 138 valence electrons. The summed E-state index contributed by atoms with van der Waals surface area (Å²) in [5.41, 5.74) is 1.91. The van der Waals surface area contributed by atoms with E-state index in [0.717, 1.165) is 5.56 Å². The van der Waals surface area contributed by atoms with E-state index in [4.69, 9.17) is 14.0 Å². The molecule has 0 aliphatic carbocycles. The Morgan fingerprint density at radius 2 is 1.81 bits per heavy atom. The molecule has 7 heteroatoms. The van der Waals surface area contributed by atoms with Gasteiger partial charge in [-0.1, -0.05) is 47.6 Å². The minimum atomic E-state index is -0.587. The Bertz CT molecular complexity index is 921. The maximum Gasteiger partial charge on any atom is 0.325 e. The predicted octanol–water partition coefficient (Wildman–Crippen LogP) is 2.82. The molecule has 7 nitrogen and oxygen atoms in total. The number of rotatable bonds is 7. The highest BCUT2D eigenvalue weighted by Crippen LogP contribution is 2.19. The Morgan fingerprint density at radius 3 is 2.59 bits per heavy atom. The fourth-order valence-corrected chi connectivity index (χ4v) is 2.41. The first-order valence-electron chi connectivity index (χ1n) is 8.25. The molecule has 0 fully saturated rings. The van der Waals surface area contributed by atoms with E-state index in [2.05, 4.69) is 10.5 Å². The number of nitrogens with one attached hydrogen (secondary N) is 1. The van der Waals surface area contributed by atoms with Crippen molar-refractivity contribution in [1.29, 1.82) is 0 Å². The van der Waals surface area contributed by atoms with E-state index < -0.39 is 11.9 Å². The third kappa shape index (κ3) is 4.72. The summed E-state index contributed by atoms with van der Waals surface area (Å²) in [6, 6.07) is 18.0. The van der Waals surface area contributed by atoms with Gasteiger partial charge in [0.1, 0.15) is 18.0 Å². The average molecular weight is 366 g/mol. The standard InChI is InChI=1S/C20H18N2O5/c1-25-18-10-6-5-9-16(18)20(24)21-12-19(23)26-13-15-11-17(22-27-15)14-7-3-2-4-8-14/h2-11H,12-13H2,1H3,(H,21,24). The first kappa shape index (κ1) is 18.2. The van der Waals surface area contributed by atoms with Crippen molar-refractivity contribution in [3.63, 3.8) is 0 Å². The van der Waals surface area contributed by atoms with Gasteiger partial charge >= 0.3 is 5.97 Å². The molecule has 2 aromatic carbocycles. The number of benzene rings is 2. The van der Waals surface area contributed by atoms with Crippen molar-refractivity contribution in [2.24, 2.45) is 0 Å². The number of hydrogen-bond donors (Lipinski definition) is 1. The second-order valence-electron chi connectivity index (χ2n) is 5.59. The number of carbonyl (C=O) groups excluding carboxylic acids is 2. The SMILES string of the molecule is COc1ccccc1C(=O)NCC(=O)OCc1cc(-c2ccccc2)no1. The summed E-state index contributed by atoms with van der Waals surface area (Å²) in [5, 5.41) is 6.45. The second kappa shape index (κ2) is 8.66. The lowest BCUT2D eigenvalue weighted by molar-refractivity contribution is -0.144. The number of ether oxygens (including phenoxy) is 2. The van der Waals surface area contributed by atoms with Gasteiger partial charge in [-0.3, -0.25) is 9.59 Å². The minimum absolute atomic E-state index is 0.0663. The van der Waals surface area contributed by atoms with E-state index in [1.807, 2.05) is 30.3 Å². The molecule has 0 saturated heterocycles. The topological polar surface area (TPSA) is 90.7 Å². The van der Waals surface area contributed by atoms with Crippen LogP contribution in [0.15, 0.2) is 65.2 Å². The molecule has 1 aromatic heterocycles. The van der Waals surface area contributed by atoms with Crippen LogP contribution in [0.5, 0.6) is 5.75 Å². The summed E-state index contributed by atoms with van der Waals surface area (Å²) >= 11 is 0. The zero-order chi connectivity index (χ0) is 19.1. The van der Waals surface area contributed by atoms with Crippen LogP contribution in [-0.2, 0) is 16.1 Å². The highest BCUT2D eigenvalue weighted by molar-refractivity contribution is 5.98. The molecule has 0 saturated carbocycles. The van der Waals surface area contributed by atoms with Gasteiger partial charge in [0.15, 0.2) is 12.4 Å². The van der Waals surface area contributed by atoms with Crippen LogP contribution in [0.25, 0.3) is 11.3 Å². The van der Waals surface area contributed by atoms with Crippen LogP contribution in [0.2, 0.25) is 0 Å². The largest absolute Gasteiger partial charge is 0.496 e. The third-order valence-electron chi connectivity index (χ3n) is 3.75. The van der Waals surface area contributed by atoms with E-state index in [1.54, 1.807) is 30.3 Å². The van der Waals surface area contributed by atoms with Gasteiger partial charge < -0.3 is 19.3 Å². The van der Waals surface area contributed by atoms with Crippen LogP contribution in [0.4, 0.5) is 0 Å². The van der Waals surface area contributed by atoms with E-state index in [1.165, 1.54) is 7.11 Å². The quantitative estimate of drug-likeness (QED) is 0.647. The Kier molecular flexibility index (Phi) is 5.84. The number of nitrogens with zero attached hydrogens (tertiary/aromatic N) is 1. The second-order valence-corrected chi connectivity index (χ2v) is 5.59. The van der Waals surface area contributed by atoms with Gasteiger partial charge in [-0.25, -0.2) is 0 Å². The van der Waals surface area contributed by atoms with Gasteiger partial charge in [-0.15, -0.1) is 0 Å². The first-order valence-corrected chi connectivity index (χ1v) is 8.25. The maximum atomic E-state index is 12.1. The van der Waals surface area contributed by atoms with Crippen molar-refractivity contribution < 1.29 is 23.6 Å². The molecule has 0 aliphatic rings. The molecule has 0 spiro atoms. The molecule has 3 rings (SSSR count). The number of amides is 1. The number of hydrogen-bond acceptors (Lipinski definition) is 6. The van der Waals surface area contributed by atoms with Crippen molar-refractivity contribution in [2.45, 2.75) is 6.61 Å². The molecular formula is C20H18N2O5. The Labute approximate surface area is 155 Å². The maximum absolute atomic E-state index is 12.1. The summed E-state index contributed by atoms with van der Waals surface area (Å²) in [5.74, 6) is -0.164. The molecule has 0 atom stereocenters. The number of aromatic nitrogens is 1. The molecule has 27 heavy (non-hydrogen) atoms. The van der Waals surface area contributed by atoms with Gasteiger partial charge in [0.25, 0.3) is 5.91 Å². The number of esters is 1. The summed E-state index contributed by atoms with van der Waals surface area (Å²) in [7, 11) is 1.47. The van der Waals surface area contributed by atoms with Gasteiger partial charge in [0, 0.05) is 11.6 Å². The molecule has 1 amide bonds.